The van der Waals surface area contributed by atoms with Gasteiger partial charge >= 0.3 is 10.2 Å². The van der Waals surface area contributed by atoms with Crippen molar-refractivity contribution in [1.82, 2.24) is 14.5 Å². The van der Waals surface area contributed by atoms with Gasteiger partial charge in [0.25, 0.3) is 0 Å². The van der Waals surface area contributed by atoms with Gasteiger partial charge in [-0.2, -0.15) is 12.7 Å². The van der Waals surface area contributed by atoms with Crippen molar-refractivity contribution in [1.29, 1.82) is 0 Å². The van der Waals surface area contributed by atoms with Gasteiger partial charge in [-0.15, -0.1) is 0 Å². The molecule has 11 heteroatoms. The first kappa shape index (κ1) is 26.6. The lowest BCUT2D eigenvalue weighted by molar-refractivity contribution is -0.139. The van der Waals surface area contributed by atoms with E-state index in [-0.39, 0.29) is 18.1 Å². The molecule has 8 nitrogen and oxygen atoms in total. The number of rotatable bonds is 10. The number of halogens is 2. The lowest BCUT2D eigenvalue weighted by Crippen LogP contribution is -2.52. The number of nitrogens with one attached hydrogen (secondary N) is 1. The summed E-state index contributed by atoms with van der Waals surface area (Å²) in [5, 5.41) is 3.08. The van der Waals surface area contributed by atoms with E-state index in [1.807, 2.05) is 0 Å². The normalized spacial score (nSPS) is 12.3. The largest absolute Gasteiger partial charge is 0.355 e. The lowest BCUT2D eigenvalue weighted by atomic mass is 10.1. The first-order chi connectivity index (χ1) is 15.5. The maximum Gasteiger partial charge on any atom is 0.304 e. The van der Waals surface area contributed by atoms with E-state index in [0.717, 1.165) is 20.7 Å². The van der Waals surface area contributed by atoms with Gasteiger partial charge in [-0.05, 0) is 49.7 Å². The topological polar surface area (TPSA) is 90.0 Å². The van der Waals surface area contributed by atoms with E-state index in [4.69, 9.17) is 11.6 Å². The van der Waals surface area contributed by atoms with Gasteiger partial charge in [-0.1, -0.05) is 29.8 Å². The summed E-state index contributed by atoms with van der Waals surface area (Å²) in [6.07, 6.45) is 0. The fraction of sp³-hybridized carbons (Fsp3) is 0.364. The standard InChI is InChI=1S/C22H28ClFN4O4S/c1-5-25-22(30)16(2)27(14-17-8-6-7-9-20(17)23)21(29)15-28(33(31,32)26(3)4)19-12-10-18(24)11-13-19/h6-13,16H,5,14-15H2,1-4H3,(H,25,30). The van der Waals surface area contributed by atoms with Crippen molar-refractivity contribution in [2.75, 3.05) is 31.5 Å². The Kier molecular flexibility index (Phi) is 9.21. The van der Waals surface area contributed by atoms with E-state index in [2.05, 4.69) is 5.32 Å². The molecule has 1 unspecified atom stereocenters. The molecule has 0 saturated heterocycles. The van der Waals surface area contributed by atoms with Crippen LogP contribution in [0.2, 0.25) is 5.02 Å². The Bertz CT molecular complexity index is 1080. The van der Waals surface area contributed by atoms with Crippen LogP contribution in [0.3, 0.4) is 0 Å². The Labute approximate surface area is 199 Å². The van der Waals surface area contributed by atoms with Crippen molar-refractivity contribution in [3.05, 3.63) is 64.9 Å². The molecule has 1 N–H and O–H groups in total. The Morgan fingerprint density at radius 2 is 1.70 bits per heavy atom. The molecule has 0 spiro atoms. The zero-order chi connectivity index (χ0) is 24.8. The third kappa shape index (κ3) is 6.66. The number of benzene rings is 2. The van der Waals surface area contributed by atoms with Crippen molar-refractivity contribution in [3.63, 3.8) is 0 Å². The minimum absolute atomic E-state index is 0.00389. The second-order valence-corrected chi connectivity index (χ2v) is 9.93. The number of amides is 2. The summed E-state index contributed by atoms with van der Waals surface area (Å²) in [5.41, 5.74) is 0.717. The van der Waals surface area contributed by atoms with Gasteiger partial charge in [0.2, 0.25) is 11.8 Å². The van der Waals surface area contributed by atoms with Crippen molar-refractivity contribution in [2.24, 2.45) is 0 Å². The van der Waals surface area contributed by atoms with Gasteiger partial charge in [0, 0.05) is 32.2 Å². The maximum atomic E-state index is 13.4. The van der Waals surface area contributed by atoms with Crippen molar-refractivity contribution in [2.45, 2.75) is 26.4 Å². The summed E-state index contributed by atoms with van der Waals surface area (Å²) in [6.45, 7) is 3.08. The van der Waals surface area contributed by atoms with Gasteiger partial charge in [0.05, 0.1) is 5.69 Å². The highest BCUT2D eigenvalue weighted by atomic mass is 35.5. The highest BCUT2D eigenvalue weighted by Crippen LogP contribution is 2.22. The molecule has 2 amide bonds. The number of likely N-dealkylation sites (N-methyl/N-ethyl adjacent to an activating group) is 1. The average Bonchev–Trinajstić information content (AvgIpc) is 2.77. The number of hydrogen-bond donors (Lipinski definition) is 1. The molecule has 0 bridgehead atoms. The van der Waals surface area contributed by atoms with Gasteiger partial charge in [-0.3, -0.25) is 9.59 Å². The number of carbonyl (C=O) groups is 2. The zero-order valence-electron chi connectivity index (χ0n) is 19.0. The monoisotopic (exact) mass is 498 g/mol. The molecular formula is C22H28ClFN4O4S. The molecule has 0 saturated carbocycles. The van der Waals surface area contributed by atoms with Crippen molar-refractivity contribution in [3.8, 4) is 0 Å². The smallest absolute Gasteiger partial charge is 0.304 e. The molecule has 0 radical (unpaired) electrons. The Morgan fingerprint density at radius 1 is 1.09 bits per heavy atom. The second-order valence-electron chi connectivity index (χ2n) is 7.46. The van der Waals surface area contributed by atoms with Gasteiger partial charge in [0.15, 0.2) is 0 Å². The number of anilines is 1. The van der Waals surface area contributed by atoms with Crippen molar-refractivity contribution < 1.29 is 22.4 Å². The van der Waals surface area contributed by atoms with Crippen LogP contribution in [0, 0.1) is 5.82 Å². The fourth-order valence-electron chi connectivity index (χ4n) is 3.04. The zero-order valence-corrected chi connectivity index (χ0v) is 20.5. The Balaban J connectivity index is 2.45. The van der Waals surface area contributed by atoms with Gasteiger partial charge in [0.1, 0.15) is 18.4 Å². The van der Waals surface area contributed by atoms with Crippen LogP contribution in [0.5, 0.6) is 0 Å². The summed E-state index contributed by atoms with van der Waals surface area (Å²) >= 11 is 6.26. The Hall–Kier alpha value is -2.69. The van der Waals surface area contributed by atoms with Crippen LogP contribution in [-0.4, -0.2) is 62.7 Å². The van der Waals surface area contributed by atoms with Crippen LogP contribution in [-0.2, 0) is 26.3 Å². The molecule has 180 valence electrons. The van der Waals surface area contributed by atoms with Gasteiger partial charge in [-0.25, -0.2) is 8.70 Å². The van der Waals surface area contributed by atoms with Crippen LogP contribution >= 0.6 is 11.6 Å². The highest BCUT2D eigenvalue weighted by Gasteiger charge is 2.32. The Morgan fingerprint density at radius 3 is 2.24 bits per heavy atom. The average molecular weight is 499 g/mol. The van der Waals surface area contributed by atoms with E-state index >= 15 is 0 Å². The van der Waals surface area contributed by atoms with Crippen LogP contribution in [0.15, 0.2) is 48.5 Å². The third-order valence-electron chi connectivity index (χ3n) is 4.95. The first-order valence-corrected chi connectivity index (χ1v) is 12.0. The van der Waals surface area contributed by atoms with Gasteiger partial charge < -0.3 is 10.2 Å². The predicted octanol–water partition coefficient (Wildman–Crippen LogP) is 2.65. The predicted molar refractivity (Wildman–Crippen MR) is 127 cm³/mol. The molecule has 2 rings (SSSR count). The van der Waals surface area contributed by atoms with E-state index < -0.39 is 34.5 Å². The summed E-state index contributed by atoms with van der Waals surface area (Å²) in [5.74, 6) is -1.55. The minimum atomic E-state index is -4.10. The summed E-state index contributed by atoms with van der Waals surface area (Å²) in [7, 11) is -1.44. The quantitative estimate of drug-likeness (QED) is 0.545. The van der Waals surface area contributed by atoms with E-state index in [1.54, 1.807) is 38.1 Å². The minimum Gasteiger partial charge on any atom is -0.355 e. The molecule has 2 aromatic rings. The van der Waals surface area contributed by atoms with Crippen LogP contribution < -0.4 is 9.62 Å². The molecule has 0 aromatic heterocycles. The number of hydrogen-bond acceptors (Lipinski definition) is 4. The van der Waals surface area contributed by atoms with Crippen LogP contribution in [0.4, 0.5) is 10.1 Å². The third-order valence-corrected chi connectivity index (χ3v) is 7.14. The number of nitrogens with zero attached hydrogens (tertiary/aromatic N) is 3. The van der Waals surface area contributed by atoms with E-state index in [1.165, 1.54) is 31.1 Å². The van der Waals surface area contributed by atoms with Crippen LogP contribution in [0.25, 0.3) is 0 Å². The summed E-state index contributed by atoms with van der Waals surface area (Å²) in [6, 6.07) is 10.7. The molecule has 0 aliphatic carbocycles. The lowest BCUT2D eigenvalue weighted by Gasteiger charge is -2.33. The highest BCUT2D eigenvalue weighted by molar-refractivity contribution is 7.90. The molecule has 0 aliphatic rings. The SMILES string of the molecule is CCNC(=O)C(C)N(Cc1ccccc1Cl)C(=O)CN(c1ccc(F)cc1)S(=O)(=O)N(C)C. The molecule has 2 aromatic carbocycles. The number of carbonyl (C=O) groups excluding carboxylic acids is 2. The molecular weight excluding hydrogens is 471 g/mol. The fourth-order valence-corrected chi connectivity index (χ4v) is 4.29. The molecule has 0 aliphatic heterocycles. The first-order valence-electron chi connectivity index (χ1n) is 10.2. The summed E-state index contributed by atoms with van der Waals surface area (Å²) < 4.78 is 41.2. The van der Waals surface area contributed by atoms with E-state index in [9.17, 15) is 22.4 Å². The van der Waals surface area contributed by atoms with Crippen LogP contribution in [0.1, 0.15) is 19.4 Å². The molecule has 33 heavy (non-hydrogen) atoms. The van der Waals surface area contributed by atoms with Crippen molar-refractivity contribution >= 4 is 39.3 Å². The second kappa shape index (κ2) is 11.4. The summed E-state index contributed by atoms with van der Waals surface area (Å²) in [4.78, 5) is 27.2. The molecule has 1 atom stereocenters. The molecule has 0 fully saturated rings. The molecule has 0 heterocycles. The van der Waals surface area contributed by atoms with E-state index in [0.29, 0.717) is 17.1 Å². The maximum absolute atomic E-state index is 13.4.